The van der Waals surface area contributed by atoms with Crippen LogP contribution in [0.2, 0.25) is 0 Å². The second kappa shape index (κ2) is 3.51. The molecule has 1 unspecified atom stereocenters. The Labute approximate surface area is 89.9 Å². The van der Waals surface area contributed by atoms with Crippen molar-refractivity contribution in [3.05, 3.63) is 29.3 Å². The number of nitrogens with two attached hydrogens (primary N) is 1. The number of hydrogen-bond acceptors (Lipinski definition) is 3. The van der Waals surface area contributed by atoms with Crippen LogP contribution in [0.3, 0.4) is 0 Å². The van der Waals surface area contributed by atoms with E-state index in [0.717, 1.165) is 29.9 Å². The SMILES string of the molecule is CC(C)(N)C(O)c1ccc2c(c1)CCO2. The molecule has 82 valence electrons. The number of ether oxygens (including phenoxy) is 1. The lowest BCUT2D eigenvalue weighted by molar-refractivity contribution is 0.104. The van der Waals surface area contributed by atoms with E-state index >= 15 is 0 Å². The maximum atomic E-state index is 10.0. The van der Waals surface area contributed by atoms with Crippen LogP contribution in [-0.4, -0.2) is 17.3 Å². The van der Waals surface area contributed by atoms with Crippen LogP contribution in [-0.2, 0) is 6.42 Å². The summed E-state index contributed by atoms with van der Waals surface area (Å²) in [5.74, 6) is 0.931. The first kappa shape index (κ1) is 10.5. The Kier molecular flexibility index (Phi) is 2.44. The third kappa shape index (κ3) is 1.98. The van der Waals surface area contributed by atoms with E-state index in [1.165, 1.54) is 0 Å². The Morgan fingerprint density at radius 3 is 2.87 bits per heavy atom. The molecule has 1 aromatic rings. The zero-order chi connectivity index (χ0) is 11.1. The standard InChI is InChI=1S/C12H17NO2/c1-12(2,13)11(14)9-3-4-10-8(7-9)5-6-15-10/h3-4,7,11,14H,5-6,13H2,1-2H3. The van der Waals surface area contributed by atoms with Crippen LogP contribution < -0.4 is 10.5 Å². The Balaban J connectivity index is 2.31. The summed E-state index contributed by atoms with van der Waals surface area (Å²) < 4.78 is 5.41. The van der Waals surface area contributed by atoms with E-state index in [0.29, 0.717) is 0 Å². The van der Waals surface area contributed by atoms with Crippen LogP contribution >= 0.6 is 0 Å². The van der Waals surface area contributed by atoms with E-state index in [2.05, 4.69) is 0 Å². The largest absolute Gasteiger partial charge is 0.493 e. The summed E-state index contributed by atoms with van der Waals surface area (Å²) in [5, 5.41) is 10.0. The van der Waals surface area contributed by atoms with Gasteiger partial charge in [0.05, 0.1) is 12.7 Å². The smallest absolute Gasteiger partial charge is 0.122 e. The molecule has 0 fully saturated rings. The van der Waals surface area contributed by atoms with Crippen molar-refractivity contribution >= 4 is 0 Å². The first-order chi connectivity index (χ1) is 6.98. The number of benzene rings is 1. The Morgan fingerprint density at radius 1 is 1.47 bits per heavy atom. The van der Waals surface area contributed by atoms with E-state index in [-0.39, 0.29) is 0 Å². The molecule has 1 atom stereocenters. The maximum absolute atomic E-state index is 10.0. The summed E-state index contributed by atoms with van der Waals surface area (Å²) in [6.07, 6.45) is 0.282. The van der Waals surface area contributed by atoms with Crippen molar-refractivity contribution in [2.75, 3.05) is 6.61 Å². The van der Waals surface area contributed by atoms with Crippen LogP contribution in [0.25, 0.3) is 0 Å². The minimum atomic E-state index is -0.636. The van der Waals surface area contributed by atoms with Crippen LogP contribution in [0.1, 0.15) is 31.1 Å². The Morgan fingerprint density at radius 2 is 2.20 bits per heavy atom. The summed E-state index contributed by atoms with van der Waals surface area (Å²) >= 11 is 0. The molecule has 0 radical (unpaired) electrons. The lowest BCUT2D eigenvalue weighted by Crippen LogP contribution is -2.39. The van der Waals surface area contributed by atoms with Gasteiger partial charge in [-0.15, -0.1) is 0 Å². The van der Waals surface area contributed by atoms with Crippen molar-refractivity contribution in [1.82, 2.24) is 0 Å². The van der Waals surface area contributed by atoms with E-state index in [1.54, 1.807) is 0 Å². The fourth-order valence-corrected chi connectivity index (χ4v) is 1.81. The van der Waals surface area contributed by atoms with Gasteiger partial charge in [0.1, 0.15) is 5.75 Å². The number of fused-ring (bicyclic) bond motifs is 1. The van der Waals surface area contributed by atoms with Crippen molar-refractivity contribution in [2.45, 2.75) is 31.9 Å². The highest BCUT2D eigenvalue weighted by Gasteiger charge is 2.25. The molecule has 0 amide bonds. The van der Waals surface area contributed by atoms with Crippen molar-refractivity contribution in [3.63, 3.8) is 0 Å². The van der Waals surface area contributed by atoms with E-state index < -0.39 is 11.6 Å². The van der Waals surface area contributed by atoms with Gasteiger partial charge in [-0.2, -0.15) is 0 Å². The van der Waals surface area contributed by atoms with Crippen LogP contribution in [0, 0.1) is 0 Å². The molecule has 1 aliphatic heterocycles. The Hall–Kier alpha value is -1.06. The fourth-order valence-electron chi connectivity index (χ4n) is 1.81. The Bertz CT molecular complexity index is 368. The molecular weight excluding hydrogens is 190 g/mol. The molecule has 2 rings (SSSR count). The van der Waals surface area contributed by atoms with Crippen molar-refractivity contribution < 1.29 is 9.84 Å². The molecule has 0 spiro atoms. The van der Waals surface area contributed by atoms with Gasteiger partial charge >= 0.3 is 0 Å². The van der Waals surface area contributed by atoms with Gasteiger partial charge in [-0.05, 0) is 37.1 Å². The summed E-state index contributed by atoms with van der Waals surface area (Å²) in [6, 6.07) is 5.78. The number of aliphatic hydroxyl groups excluding tert-OH is 1. The van der Waals surface area contributed by atoms with E-state index in [9.17, 15) is 5.11 Å². The van der Waals surface area contributed by atoms with E-state index in [1.807, 2.05) is 32.0 Å². The monoisotopic (exact) mass is 207 g/mol. The van der Waals surface area contributed by atoms with Gasteiger partial charge in [-0.1, -0.05) is 6.07 Å². The molecule has 1 heterocycles. The zero-order valence-electron chi connectivity index (χ0n) is 9.16. The van der Waals surface area contributed by atoms with Crippen molar-refractivity contribution in [3.8, 4) is 5.75 Å². The third-order valence-corrected chi connectivity index (χ3v) is 2.73. The molecule has 0 saturated heterocycles. The summed E-state index contributed by atoms with van der Waals surface area (Å²) in [7, 11) is 0. The van der Waals surface area contributed by atoms with Crippen molar-refractivity contribution in [1.29, 1.82) is 0 Å². The topological polar surface area (TPSA) is 55.5 Å². The summed E-state index contributed by atoms with van der Waals surface area (Å²) in [5.41, 5.74) is 7.29. The van der Waals surface area contributed by atoms with Gasteiger partial charge in [0.15, 0.2) is 0 Å². The zero-order valence-corrected chi connectivity index (χ0v) is 9.16. The van der Waals surface area contributed by atoms with Gasteiger partial charge in [-0.3, -0.25) is 0 Å². The molecule has 0 saturated carbocycles. The molecule has 1 aliphatic rings. The predicted molar refractivity (Wildman–Crippen MR) is 58.9 cm³/mol. The fraction of sp³-hybridized carbons (Fsp3) is 0.500. The molecule has 0 aliphatic carbocycles. The highest BCUT2D eigenvalue weighted by Crippen LogP contribution is 2.30. The summed E-state index contributed by atoms with van der Waals surface area (Å²) in [6.45, 7) is 4.38. The first-order valence-corrected chi connectivity index (χ1v) is 5.21. The number of rotatable bonds is 2. The normalized spacial score (nSPS) is 17.1. The molecule has 15 heavy (non-hydrogen) atoms. The molecule has 3 N–H and O–H groups in total. The predicted octanol–water partition coefficient (Wildman–Crippen LogP) is 1.39. The molecule has 3 heteroatoms. The lowest BCUT2D eigenvalue weighted by Gasteiger charge is -2.26. The van der Waals surface area contributed by atoms with Crippen LogP contribution in [0.15, 0.2) is 18.2 Å². The average Bonchev–Trinajstić information content (AvgIpc) is 2.61. The minimum Gasteiger partial charge on any atom is -0.493 e. The molecule has 0 aromatic heterocycles. The average molecular weight is 207 g/mol. The van der Waals surface area contributed by atoms with Gasteiger partial charge in [0.2, 0.25) is 0 Å². The summed E-state index contributed by atoms with van der Waals surface area (Å²) in [4.78, 5) is 0. The highest BCUT2D eigenvalue weighted by molar-refractivity contribution is 5.41. The molecule has 0 bridgehead atoms. The highest BCUT2D eigenvalue weighted by atomic mass is 16.5. The number of aliphatic hydroxyl groups is 1. The maximum Gasteiger partial charge on any atom is 0.122 e. The molecule has 1 aromatic carbocycles. The lowest BCUT2D eigenvalue weighted by atomic mass is 9.91. The number of hydrogen-bond donors (Lipinski definition) is 2. The second-order valence-corrected chi connectivity index (χ2v) is 4.69. The van der Waals surface area contributed by atoms with Gasteiger partial charge in [-0.25, -0.2) is 0 Å². The minimum absolute atomic E-state index is 0.617. The van der Waals surface area contributed by atoms with Gasteiger partial charge in [0, 0.05) is 12.0 Å². The first-order valence-electron chi connectivity index (χ1n) is 5.21. The van der Waals surface area contributed by atoms with Gasteiger partial charge < -0.3 is 15.6 Å². The quantitative estimate of drug-likeness (QED) is 0.770. The third-order valence-electron chi connectivity index (χ3n) is 2.73. The molecular formula is C12H17NO2. The van der Waals surface area contributed by atoms with E-state index in [4.69, 9.17) is 10.5 Å². The van der Waals surface area contributed by atoms with Gasteiger partial charge in [0.25, 0.3) is 0 Å². The van der Waals surface area contributed by atoms with Crippen LogP contribution in [0.5, 0.6) is 5.75 Å². The second-order valence-electron chi connectivity index (χ2n) is 4.69. The van der Waals surface area contributed by atoms with Crippen molar-refractivity contribution in [2.24, 2.45) is 5.73 Å². The molecule has 3 nitrogen and oxygen atoms in total. The van der Waals surface area contributed by atoms with Crippen LogP contribution in [0.4, 0.5) is 0 Å².